The Morgan fingerprint density at radius 2 is 1.20 bits per heavy atom. The van der Waals surface area contributed by atoms with E-state index in [9.17, 15) is 9.59 Å². The second-order valence-electron chi connectivity index (χ2n) is 6.31. The van der Waals surface area contributed by atoms with Crippen molar-refractivity contribution in [1.82, 2.24) is 0 Å². The summed E-state index contributed by atoms with van der Waals surface area (Å²) in [7, 11) is 2.66. The average Bonchev–Trinajstić information content (AvgIpc) is 2.88. The molecule has 1 aromatic carbocycles. The van der Waals surface area contributed by atoms with Gasteiger partial charge in [0.2, 0.25) is 5.79 Å². The van der Waals surface area contributed by atoms with E-state index in [1.54, 1.807) is 24.3 Å². The van der Waals surface area contributed by atoms with Crippen LogP contribution in [0, 0.1) is 11.8 Å². The molecule has 8 heteroatoms. The molecule has 0 aromatic heterocycles. The maximum atomic E-state index is 13.2. The Kier molecular flexibility index (Phi) is 3.71. The predicted octanol–water partition coefficient (Wildman–Crippen LogP) is 3.96. The van der Waals surface area contributed by atoms with E-state index < -0.39 is 27.4 Å². The van der Waals surface area contributed by atoms with Gasteiger partial charge in [0.25, 0.3) is 0 Å². The van der Waals surface area contributed by atoms with Crippen molar-refractivity contribution in [2.24, 2.45) is 11.8 Å². The fourth-order valence-corrected chi connectivity index (χ4v) is 6.78. The van der Waals surface area contributed by atoms with Crippen LogP contribution >= 0.6 is 46.4 Å². The molecule has 0 aliphatic heterocycles. The van der Waals surface area contributed by atoms with Gasteiger partial charge in [0, 0.05) is 25.3 Å². The molecule has 1 aromatic rings. The van der Waals surface area contributed by atoms with E-state index in [0.717, 1.165) is 0 Å². The van der Waals surface area contributed by atoms with Crippen molar-refractivity contribution in [2.75, 3.05) is 14.2 Å². The minimum Gasteiger partial charge on any atom is -0.350 e. The third kappa shape index (κ3) is 1.57. The molecule has 0 heterocycles. The number of fused-ring (bicyclic) bond motifs is 6. The first kappa shape index (κ1) is 17.8. The highest BCUT2D eigenvalue weighted by Crippen LogP contribution is 2.75. The molecule has 3 aliphatic carbocycles. The number of methoxy groups -OCH3 is 2. The molecule has 25 heavy (non-hydrogen) atoms. The van der Waals surface area contributed by atoms with Crippen LogP contribution in [0.2, 0.25) is 0 Å². The van der Waals surface area contributed by atoms with Crippen LogP contribution in [-0.4, -0.2) is 41.3 Å². The zero-order valence-electron chi connectivity index (χ0n) is 13.1. The van der Waals surface area contributed by atoms with Crippen molar-refractivity contribution in [3.8, 4) is 0 Å². The third-order valence-corrected chi connectivity index (χ3v) is 8.19. The molecule has 1 fully saturated rings. The van der Waals surface area contributed by atoms with Crippen molar-refractivity contribution < 1.29 is 19.1 Å². The summed E-state index contributed by atoms with van der Waals surface area (Å²) in [6.45, 7) is 0. The van der Waals surface area contributed by atoms with Crippen LogP contribution in [0.5, 0.6) is 0 Å². The lowest BCUT2D eigenvalue weighted by Crippen LogP contribution is -2.58. The lowest BCUT2D eigenvalue weighted by Gasteiger charge is -2.40. The summed E-state index contributed by atoms with van der Waals surface area (Å²) in [6, 6.07) is 6.53. The Balaban J connectivity index is 2.09. The number of halogens is 4. The summed E-state index contributed by atoms with van der Waals surface area (Å²) in [5.41, 5.74) is 0.562. The van der Waals surface area contributed by atoms with Gasteiger partial charge in [-0.1, -0.05) is 47.5 Å². The molecule has 4 rings (SSSR count). The average molecular weight is 422 g/mol. The number of carbonyl (C=O) groups is 2. The highest BCUT2D eigenvalue weighted by Gasteiger charge is 2.87. The molecule has 1 saturated carbocycles. The van der Waals surface area contributed by atoms with Gasteiger partial charge in [0.15, 0.2) is 11.6 Å². The van der Waals surface area contributed by atoms with Gasteiger partial charge in [-0.2, -0.15) is 0 Å². The number of hydrogen-bond acceptors (Lipinski definition) is 4. The van der Waals surface area contributed by atoms with Crippen molar-refractivity contribution in [3.05, 3.63) is 45.5 Å². The van der Waals surface area contributed by atoms with Crippen LogP contribution in [0.3, 0.4) is 0 Å². The molecular weight excluding hydrogens is 410 g/mol. The summed E-state index contributed by atoms with van der Waals surface area (Å²) in [6.07, 6.45) is 0. The third-order valence-electron chi connectivity index (χ3n) is 5.58. The molecule has 0 amide bonds. The Labute approximate surface area is 164 Å². The van der Waals surface area contributed by atoms with Gasteiger partial charge in [-0.05, 0) is 0 Å². The molecular formula is C17H12Cl4O4. The maximum absolute atomic E-state index is 13.2. The van der Waals surface area contributed by atoms with Crippen LogP contribution in [-0.2, 0) is 9.47 Å². The summed E-state index contributed by atoms with van der Waals surface area (Å²) in [5.74, 6) is -4.54. The molecule has 132 valence electrons. The number of carbonyl (C=O) groups excluding carboxylic acids is 2. The van der Waals surface area contributed by atoms with E-state index in [1.807, 2.05) is 0 Å². The first-order chi connectivity index (χ1) is 11.7. The zero-order valence-corrected chi connectivity index (χ0v) is 16.1. The number of ketones is 2. The summed E-state index contributed by atoms with van der Waals surface area (Å²) in [4.78, 5) is 23.0. The summed E-state index contributed by atoms with van der Waals surface area (Å²) < 4.78 is 11.1. The van der Waals surface area contributed by atoms with Gasteiger partial charge in [-0.25, -0.2) is 0 Å². The van der Waals surface area contributed by atoms with Gasteiger partial charge < -0.3 is 9.47 Å². The Hall–Kier alpha value is -0.620. The number of benzene rings is 1. The minimum atomic E-state index is -1.76. The number of Topliss-reactive ketones (excluding diaryl/α,β-unsaturated/α-hetero) is 2. The molecule has 0 unspecified atom stereocenters. The van der Waals surface area contributed by atoms with Crippen LogP contribution in [0.4, 0.5) is 0 Å². The quantitative estimate of drug-likeness (QED) is 0.535. The molecule has 3 aliphatic rings. The van der Waals surface area contributed by atoms with Crippen LogP contribution in [0.25, 0.3) is 0 Å². The number of rotatable bonds is 2. The van der Waals surface area contributed by atoms with Crippen LogP contribution in [0.15, 0.2) is 34.3 Å². The van der Waals surface area contributed by atoms with E-state index in [2.05, 4.69) is 0 Å². The van der Waals surface area contributed by atoms with E-state index >= 15 is 0 Å². The Morgan fingerprint density at radius 3 is 1.52 bits per heavy atom. The van der Waals surface area contributed by atoms with Gasteiger partial charge in [0.05, 0.1) is 21.9 Å². The van der Waals surface area contributed by atoms with Crippen molar-refractivity contribution in [2.45, 2.75) is 15.5 Å². The van der Waals surface area contributed by atoms with Gasteiger partial charge in [0.1, 0.15) is 9.75 Å². The molecule has 0 saturated heterocycles. The van der Waals surface area contributed by atoms with Crippen LogP contribution < -0.4 is 0 Å². The lowest BCUT2D eigenvalue weighted by atomic mass is 9.69. The predicted molar refractivity (Wildman–Crippen MR) is 94.7 cm³/mol. The fourth-order valence-electron chi connectivity index (χ4n) is 4.60. The van der Waals surface area contributed by atoms with E-state index in [0.29, 0.717) is 0 Å². The van der Waals surface area contributed by atoms with E-state index in [4.69, 9.17) is 55.9 Å². The minimum absolute atomic E-state index is 0.0312. The molecule has 0 radical (unpaired) electrons. The van der Waals surface area contributed by atoms with Crippen molar-refractivity contribution >= 4 is 58.0 Å². The first-order valence-corrected chi connectivity index (χ1v) is 8.97. The van der Waals surface area contributed by atoms with Gasteiger partial charge >= 0.3 is 0 Å². The van der Waals surface area contributed by atoms with Crippen LogP contribution in [0.1, 0.15) is 20.7 Å². The second kappa shape index (κ2) is 5.22. The topological polar surface area (TPSA) is 52.6 Å². The standard InChI is InChI=1S/C17H12Cl4O4/c1-24-17(25-2)15(20)9-10(16(17,21)14(19)13(15)18)12(23)8-6-4-3-5-7(8)11(9)22/h3-6,9-10H,1-2H3/t9-,10-,15-,16+/m1/s1. The van der Waals surface area contributed by atoms with Gasteiger partial charge in [-0.15, -0.1) is 23.2 Å². The highest BCUT2D eigenvalue weighted by molar-refractivity contribution is 6.54. The van der Waals surface area contributed by atoms with Gasteiger partial charge in [-0.3, -0.25) is 9.59 Å². The summed E-state index contributed by atoms with van der Waals surface area (Å²) >= 11 is 26.5. The monoisotopic (exact) mass is 420 g/mol. The SMILES string of the molecule is COC1(OC)[C@@]2(Cl)C(Cl)=C(Cl)[C@]1(Cl)[C@H]1C(=O)c3ccccc3C(=O)[C@@H]12. The maximum Gasteiger partial charge on any atom is 0.218 e. The van der Waals surface area contributed by atoms with Crippen molar-refractivity contribution in [3.63, 3.8) is 0 Å². The normalized spacial score (nSPS) is 38.2. The fraction of sp³-hybridized carbons (Fsp3) is 0.412. The zero-order chi connectivity index (χ0) is 18.4. The first-order valence-electron chi connectivity index (χ1n) is 7.45. The largest absolute Gasteiger partial charge is 0.350 e. The smallest absolute Gasteiger partial charge is 0.218 e. The van der Waals surface area contributed by atoms with E-state index in [-0.39, 0.29) is 32.8 Å². The number of ether oxygens (including phenoxy) is 2. The second-order valence-corrected chi connectivity index (χ2v) is 8.25. The highest BCUT2D eigenvalue weighted by atomic mass is 35.5. The molecule has 0 N–H and O–H groups in total. The van der Waals surface area contributed by atoms with E-state index in [1.165, 1.54) is 14.2 Å². The molecule has 2 bridgehead atoms. The number of hydrogen-bond donors (Lipinski definition) is 0. The molecule has 4 atom stereocenters. The summed E-state index contributed by atoms with van der Waals surface area (Å²) in [5, 5.41) is -0.0624. The Morgan fingerprint density at radius 1 is 0.840 bits per heavy atom. The Bertz CT molecular complexity index is 797. The molecule has 0 spiro atoms. The molecule has 4 nitrogen and oxygen atoms in total. The number of alkyl halides is 2. The lowest BCUT2D eigenvalue weighted by molar-refractivity contribution is -0.219. The van der Waals surface area contributed by atoms with Crippen molar-refractivity contribution in [1.29, 1.82) is 0 Å².